The highest BCUT2D eigenvalue weighted by Gasteiger charge is 2.12. The molecular weight excluding hydrogens is 377 g/mol. The Bertz CT molecular complexity index is 677. The number of nitrogens with zero attached hydrogens (tertiary/aromatic N) is 1. The second kappa shape index (κ2) is 7.27. The quantitative estimate of drug-likeness (QED) is 0.809. The van der Waals surface area contributed by atoms with E-state index in [1.54, 1.807) is 36.5 Å². The highest BCUT2D eigenvalue weighted by Crippen LogP contribution is 2.28. The van der Waals surface area contributed by atoms with Crippen molar-refractivity contribution in [3.8, 4) is 5.88 Å². The largest absolute Gasteiger partial charge is 0.481 e. The van der Waals surface area contributed by atoms with Gasteiger partial charge >= 0.3 is 0 Å². The average Bonchev–Trinajstić information content (AvgIpc) is 2.48. The third kappa shape index (κ3) is 4.20. The highest BCUT2D eigenvalue weighted by atomic mass is 79.9. The number of ether oxygens (including phenoxy) is 1. The van der Waals surface area contributed by atoms with E-state index in [1.165, 1.54) is 7.11 Å². The van der Waals surface area contributed by atoms with Crippen molar-refractivity contribution >= 4 is 45.2 Å². The fourth-order valence-electron chi connectivity index (χ4n) is 1.75. The molecule has 0 aliphatic rings. The maximum Gasteiger partial charge on any atom is 0.219 e. The Hall–Kier alpha value is -1.07. The summed E-state index contributed by atoms with van der Waals surface area (Å²) >= 11 is 15.1. The van der Waals surface area contributed by atoms with E-state index in [2.05, 4.69) is 20.9 Å². The molecule has 0 spiro atoms. The standard InChI is InChI=1S/C15H12BrCl2NO2/c1-21-15-11(7-10(16)8-19-15)14(20)5-3-9-2-4-12(17)13(18)6-9/h2-8,14,20H,1H3. The normalized spacial score (nSPS) is 12.6. The monoisotopic (exact) mass is 387 g/mol. The van der Waals surface area contributed by atoms with E-state index in [9.17, 15) is 5.11 Å². The van der Waals surface area contributed by atoms with Gasteiger partial charge in [-0.25, -0.2) is 4.98 Å². The Morgan fingerprint density at radius 3 is 2.71 bits per heavy atom. The number of methoxy groups -OCH3 is 1. The van der Waals surface area contributed by atoms with E-state index >= 15 is 0 Å². The number of halogens is 3. The van der Waals surface area contributed by atoms with Crippen LogP contribution < -0.4 is 4.74 Å². The molecule has 0 aliphatic heterocycles. The predicted octanol–water partition coefficient (Wildman–Crippen LogP) is 4.91. The number of aliphatic hydroxyl groups is 1. The molecular formula is C15H12BrCl2NO2. The molecule has 1 N–H and O–H groups in total. The zero-order valence-electron chi connectivity index (χ0n) is 11.1. The molecule has 2 rings (SSSR count). The molecule has 6 heteroatoms. The van der Waals surface area contributed by atoms with E-state index < -0.39 is 6.10 Å². The first-order valence-corrected chi connectivity index (χ1v) is 7.57. The summed E-state index contributed by atoms with van der Waals surface area (Å²) in [4.78, 5) is 4.10. The second-order valence-electron chi connectivity index (χ2n) is 4.23. The molecule has 1 atom stereocenters. The molecule has 0 amide bonds. The van der Waals surface area contributed by atoms with Crippen LogP contribution in [-0.4, -0.2) is 17.2 Å². The molecule has 0 saturated carbocycles. The van der Waals surface area contributed by atoms with Gasteiger partial charge in [-0.2, -0.15) is 0 Å². The number of benzene rings is 1. The molecule has 1 aromatic carbocycles. The lowest BCUT2D eigenvalue weighted by molar-refractivity contribution is 0.222. The van der Waals surface area contributed by atoms with Gasteiger partial charge in [-0.1, -0.05) is 41.4 Å². The predicted molar refractivity (Wildman–Crippen MR) is 88.9 cm³/mol. The minimum atomic E-state index is -0.848. The number of rotatable bonds is 4. The van der Waals surface area contributed by atoms with E-state index in [0.717, 1.165) is 10.0 Å². The maximum atomic E-state index is 10.3. The third-order valence-corrected chi connectivity index (χ3v) is 3.94. The van der Waals surface area contributed by atoms with Gasteiger partial charge in [0.1, 0.15) is 6.10 Å². The zero-order chi connectivity index (χ0) is 15.4. The van der Waals surface area contributed by atoms with Gasteiger partial charge in [0.15, 0.2) is 0 Å². The summed E-state index contributed by atoms with van der Waals surface area (Å²) in [5, 5.41) is 11.2. The van der Waals surface area contributed by atoms with Crippen molar-refractivity contribution in [3.63, 3.8) is 0 Å². The van der Waals surface area contributed by atoms with E-state index in [4.69, 9.17) is 27.9 Å². The molecule has 2 aromatic rings. The van der Waals surface area contributed by atoms with Crippen LogP contribution in [0.1, 0.15) is 17.2 Å². The van der Waals surface area contributed by atoms with Gasteiger partial charge in [-0.05, 0) is 39.7 Å². The molecule has 0 bridgehead atoms. The first-order chi connectivity index (χ1) is 10.0. The van der Waals surface area contributed by atoms with Gasteiger partial charge in [0, 0.05) is 16.2 Å². The molecule has 110 valence electrons. The van der Waals surface area contributed by atoms with Gasteiger partial charge in [0.2, 0.25) is 5.88 Å². The lowest BCUT2D eigenvalue weighted by atomic mass is 10.1. The molecule has 21 heavy (non-hydrogen) atoms. The topological polar surface area (TPSA) is 42.4 Å². The van der Waals surface area contributed by atoms with Crippen molar-refractivity contribution < 1.29 is 9.84 Å². The van der Waals surface area contributed by atoms with Crippen LogP contribution in [0.25, 0.3) is 6.08 Å². The van der Waals surface area contributed by atoms with Gasteiger partial charge in [-0.3, -0.25) is 0 Å². The lowest BCUT2D eigenvalue weighted by Crippen LogP contribution is -2.00. The van der Waals surface area contributed by atoms with E-state index in [0.29, 0.717) is 21.5 Å². The first-order valence-electron chi connectivity index (χ1n) is 6.02. The molecule has 0 fully saturated rings. The molecule has 0 radical (unpaired) electrons. The van der Waals surface area contributed by atoms with Crippen LogP contribution in [0.4, 0.5) is 0 Å². The number of aliphatic hydroxyl groups excluding tert-OH is 1. The Kier molecular flexibility index (Phi) is 5.65. The summed E-state index contributed by atoms with van der Waals surface area (Å²) in [6.45, 7) is 0. The van der Waals surface area contributed by atoms with Crippen LogP contribution in [-0.2, 0) is 0 Å². The SMILES string of the molecule is COc1ncc(Br)cc1C(O)C=Cc1ccc(Cl)c(Cl)c1. The van der Waals surface area contributed by atoms with Crippen molar-refractivity contribution in [1.29, 1.82) is 0 Å². The lowest BCUT2D eigenvalue weighted by Gasteiger charge is -2.11. The summed E-state index contributed by atoms with van der Waals surface area (Å²) in [5.41, 5.74) is 1.41. The summed E-state index contributed by atoms with van der Waals surface area (Å²) < 4.78 is 5.91. The Morgan fingerprint density at radius 1 is 1.29 bits per heavy atom. The molecule has 3 nitrogen and oxygen atoms in total. The van der Waals surface area contributed by atoms with Crippen LogP contribution in [0.3, 0.4) is 0 Å². The van der Waals surface area contributed by atoms with Gasteiger partial charge in [-0.15, -0.1) is 0 Å². The number of aromatic nitrogens is 1. The Labute approximate surface area is 141 Å². The number of pyridine rings is 1. The number of hydrogen-bond acceptors (Lipinski definition) is 3. The maximum absolute atomic E-state index is 10.3. The Balaban J connectivity index is 2.24. The van der Waals surface area contributed by atoms with Crippen molar-refractivity contribution in [1.82, 2.24) is 4.98 Å². The minimum Gasteiger partial charge on any atom is -0.481 e. The molecule has 1 heterocycles. The van der Waals surface area contributed by atoms with Crippen molar-refractivity contribution in [2.75, 3.05) is 7.11 Å². The minimum absolute atomic E-state index is 0.379. The smallest absolute Gasteiger partial charge is 0.219 e. The Morgan fingerprint density at radius 2 is 2.05 bits per heavy atom. The highest BCUT2D eigenvalue weighted by molar-refractivity contribution is 9.10. The second-order valence-corrected chi connectivity index (χ2v) is 5.96. The average molecular weight is 389 g/mol. The first kappa shape index (κ1) is 16.3. The van der Waals surface area contributed by atoms with Crippen LogP contribution in [0.15, 0.2) is 41.0 Å². The molecule has 0 saturated heterocycles. The van der Waals surface area contributed by atoms with Gasteiger partial charge in [0.25, 0.3) is 0 Å². The summed E-state index contributed by atoms with van der Waals surface area (Å²) in [6.07, 6.45) is 4.15. The fraction of sp³-hybridized carbons (Fsp3) is 0.133. The van der Waals surface area contributed by atoms with Crippen LogP contribution in [0, 0.1) is 0 Å². The number of hydrogen-bond donors (Lipinski definition) is 1. The molecule has 1 aromatic heterocycles. The van der Waals surface area contributed by atoms with E-state index in [-0.39, 0.29) is 0 Å². The molecule has 1 unspecified atom stereocenters. The van der Waals surface area contributed by atoms with Crippen molar-refractivity contribution in [2.24, 2.45) is 0 Å². The zero-order valence-corrected chi connectivity index (χ0v) is 14.2. The van der Waals surface area contributed by atoms with Crippen LogP contribution in [0.5, 0.6) is 5.88 Å². The van der Waals surface area contributed by atoms with E-state index in [1.807, 2.05) is 6.07 Å². The van der Waals surface area contributed by atoms with Crippen LogP contribution >= 0.6 is 39.1 Å². The van der Waals surface area contributed by atoms with Crippen molar-refractivity contribution in [2.45, 2.75) is 6.10 Å². The third-order valence-electron chi connectivity index (χ3n) is 2.77. The van der Waals surface area contributed by atoms with Crippen LogP contribution in [0.2, 0.25) is 10.0 Å². The molecule has 0 aliphatic carbocycles. The summed E-state index contributed by atoms with van der Waals surface area (Å²) in [6, 6.07) is 7.00. The van der Waals surface area contributed by atoms with Crippen molar-refractivity contribution in [3.05, 3.63) is 62.2 Å². The summed E-state index contributed by atoms with van der Waals surface area (Å²) in [5.74, 6) is 0.379. The summed E-state index contributed by atoms with van der Waals surface area (Å²) in [7, 11) is 1.51. The van der Waals surface area contributed by atoms with Gasteiger partial charge < -0.3 is 9.84 Å². The van der Waals surface area contributed by atoms with Gasteiger partial charge in [0.05, 0.1) is 17.2 Å². The fourth-order valence-corrected chi connectivity index (χ4v) is 2.40.